The Hall–Kier alpha value is -3.98. The normalized spacial score (nSPS) is 15.0. The summed E-state index contributed by atoms with van der Waals surface area (Å²) in [6.45, 7) is 3.62. The van der Waals surface area contributed by atoms with Gasteiger partial charge in [0, 0.05) is 0 Å². The van der Waals surface area contributed by atoms with E-state index in [2.05, 4.69) is 4.98 Å². The van der Waals surface area contributed by atoms with Gasteiger partial charge in [0.25, 0.3) is 5.91 Å². The van der Waals surface area contributed by atoms with E-state index in [9.17, 15) is 14.4 Å². The van der Waals surface area contributed by atoms with Crippen LogP contribution in [0.4, 0.5) is 5.13 Å². The zero-order valence-electron chi connectivity index (χ0n) is 18.7. The van der Waals surface area contributed by atoms with Crippen LogP contribution in [-0.4, -0.2) is 30.6 Å². The van der Waals surface area contributed by atoms with E-state index in [0.717, 1.165) is 11.3 Å². The summed E-state index contributed by atoms with van der Waals surface area (Å²) in [6.07, 6.45) is 0. The van der Waals surface area contributed by atoms with Gasteiger partial charge in [-0.3, -0.25) is 14.5 Å². The van der Waals surface area contributed by atoms with Crippen LogP contribution in [0.5, 0.6) is 5.75 Å². The molecule has 2 aromatic heterocycles. The zero-order chi connectivity index (χ0) is 24.0. The highest BCUT2D eigenvalue weighted by Crippen LogP contribution is 2.43. The van der Waals surface area contributed by atoms with Crippen LogP contribution < -0.4 is 15.1 Å². The average molecular weight is 477 g/mol. The molecule has 5 rings (SSSR count). The molecule has 172 valence electrons. The van der Waals surface area contributed by atoms with Crippen molar-refractivity contribution >= 4 is 39.3 Å². The van der Waals surface area contributed by atoms with Crippen molar-refractivity contribution in [3.8, 4) is 5.75 Å². The minimum Gasteiger partial charge on any atom is -0.497 e. The summed E-state index contributed by atoms with van der Waals surface area (Å²) in [6, 6.07) is 13.1. The number of nitrogens with zero attached hydrogens (tertiary/aromatic N) is 2. The Morgan fingerprint density at radius 1 is 1.15 bits per heavy atom. The number of hydrogen-bond acceptors (Lipinski definition) is 8. The molecule has 8 nitrogen and oxygen atoms in total. The largest absolute Gasteiger partial charge is 0.497 e. The van der Waals surface area contributed by atoms with Crippen molar-refractivity contribution in [1.29, 1.82) is 0 Å². The number of rotatable bonds is 5. The highest BCUT2D eigenvalue weighted by molar-refractivity contribution is 7.17. The molecular weight excluding hydrogens is 456 g/mol. The van der Waals surface area contributed by atoms with Crippen LogP contribution in [0, 0.1) is 6.92 Å². The maximum Gasteiger partial charge on any atom is 0.350 e. The number of aromatic nitrogens is 1. The molecule has 0 fully saturated rings. The van der Waals surface area contributed by atoms with Crippen LogP contribution in [0.2, 0.25) is 0 Å². The van der Waals surface area contributed by atoms with Gasteiger partial charge >= 0.3 is 5.97 Å². The van der Waals surface area contributed by atoms with Gasteiger partial charge in [0.15, 0.2) is 10.6 Å². The Bertz CT molecular complexity index is 1490. The fourth-order valence-electron chi connectivity index (χ4n) is 4.09. The van der Waals surface area contributed by atoms with E-state index in [4.69, 9.17) is 13.9 Å². The highest BCUT2D eigenvalue weighted by atomic mass is 32.1. The second-order valence-corrected chi connectivity index (χ2v) is 8.63. The second kappa shape index (κ2) is 8.42. The molecule has 1 aliphatic rings. The molecule has 1 atom stereocenters. The summed E-state index contributed by atoms with van der Waals surface area (Å²) in [5.41, 5.74) is 1.41. The Labute approximate surface area is 198 Å². The predicted octanol–water partition coefficient (Wildman–Crippen LogP) is 4.49. The van der Waals surface area contributed by atoms with Crippen molar-refractivity contribution in [2.24, 2.45) is 0 Å². The van der Waals surface area contributed by atoms with Crippen molar-refractivity contribution in [1.82, 2.24) is 4.98 Å². The maximum atomic E-state index is 13.6. The van der Waals surface area contributed by atoms with Crippen molar-refractivity contribution in [2.45, 2.75) is 19.9 Å². The lowest BCUT2D eigenvalue weighted by Gasteiger charge is -2.22. The van der Waals surface area contributed by atoms with E-state index < -0.39 is 17.9 Å². The standard InChI is InChI=1S/C25H20N2O6S/c1-4-32-24(30)22-13(2)26-25(34-22)27-19(14-9-11-15(31-3)12-10-14)18-20(28)16-7-5-6-8-17(16)33-21(18)23(27)29/h5-12,19H,4H2,1-3H3. The Morgan fingerprint density at radius 3 is 2.59 bits per heavy atom. The predicted molar refractivity (Wildman–Crippen MR) is 127 cm³/mol. The Balaban J connectivity index is 1.73. The average Bonchev–Trinajstić information content (AvgIpc) is 3.37. The minimum absolute atomic E-state index is 0.0324. The molecular formula is C25H20N2O6S. The number of methoxy groups -OCH3 is 1. The van der Waals surface area contributed by atoms with Crippen molar-refractivity contribution in [3.05, 3.63) is 86.2 Å². The van der Waals surface area contributed by atoms with Gasteiger partial charge in [-0.05, 0) is 43.7 Å². The molecule has 0 radical (unpaired) electrons. The molecule has 1 unspecified atom stereocenters. The lowest BCUT2D eigenvalue weighted by molar-refractivity contribution is 0.0531. The van der Waals surface area contributed by atoms with E-state index in [1.807, 2.05) is 0 Å². The van der Waals surface area contributed by atoms with Gasteiger partial charge in [0.2, 0.25) is 5.76 Å². The van der Waals surface area contributed by atoms with Gasteiger partial charge in [0.1, 0.15) is 16.2 Å². The van der Waals surface area contributed by atoms with Gasteiger partial charge in [-0.1, -0.05) is 35.6 Å². The molecule has 0 N–H and O–H groups in total. The summed E-state index contributed by atoms with van der Waals surface area (Å²) in [5.74, 6) is -0.396. The highest BCUT2D eigenvalue weighted by Gasteiger charge is 2.45. The number of fused-ring (bicyclic) bond motifs is 2. The van der Waals surface area contributed by atoms with Gasteiger partial charge in [-0.15, -0.1) is 0 Å². The molecule has 0 spiro atoms. The molecule has 3 heterocycles. The molecule has 2 aromatic carbocycles. The number of para-hydroxylation sites is 1. The number of thiazole rings is 1. The van der Waals surface area contributed by atoms with Gasteiger partial charge in [0.05, 0.1) is 36.4 Å². The number of benzene rings is 2. The molecule has 0 saturated carbocycles. The number of hydrogen-bond donors (Lipinski definition) is 0. The molecule has 1 aliphatic heterocycles. The summed E-state index contributed by atoms with van der Waals surface area (Å²) < 4.78 is 16.3. The Morgan fingerprint density at radius 2 is 1.88 bits per heavy atom. The summed E-state index contributed by atoms with van der Waals surface area (Å²) in [4.78, 5) is 45.8. The second-order valence-electron chi connectivity index (χ2n) is 7.65. The first-order chi connectivity index (χ1) is 16.4. The van der Waals surface area contributed by atoms with E-state index in [1.165, 1.54) is 4.90 Å². The van der Waals surface area contributed by atoms with Crippen LogP contribution in [-0.2, 0) is 4.74 Å². The molecule has 0 saturated heterocycles. The number of amides is 1. The number of ether oxygens (including phenoxy) is 2. The topological polar surface area (TPSA) is 98.9 Å². The lowest BCUT2D eigenvalue weighted by Crippen LogP contribution is -2.29. The summed E-state index contributed by atoms with van der Waals surface area (Å²) >= 11 is 1.05. The fraction of sp³-hybridized carbons (Fsp3) is 0.200. The molecule has 9 heteroatoms. The molecule has 4 aromatic rings. The smallest absolute Gasteiger partial charge is 0.350 e. The van der Waals surface area contributed by atoms with Gasteiger partial charge < -0.3 is 13.9 Å². The minimum atomic E-state index is -0.783. The maximum absolute atomic E-state index is 13.6. The van der Waals surface area contributed by atoms with Crippen molar-refractivity contribution in [2.75, 3.05) is 18.6 Å². The third-order valence-corrected chi connectivity index (χ3v) is 6.80. The first-order valence-electron chi connectivity index (χ1n) is 10.6. The monoisotopic (exact) mass is 476 g/mol. The van der Waals surface area contributed by atoms with Crippen molar-refractivity contribution < 1.29 is 23.5 Å². The van der Waals surface area contributed by atoms with Crippen LogP contribution in [0.15, 0.2) is 57.7 Å². The number of anilines is 1. The number of esters is 1. The van der Waals surface area contributed by atoms with Crippen LogP contribution in [0.25, 0.3) is 11.0 Å². The van der Waals surface area contributed by atoms with Crippen LogP contribution in [0.1, 0.15) is 50.0 Å². The quantitative estimate of drug-likeness (QED) is 0.391. The number of aryl methyl sites for hydroxylation is 1. The van der Waals surface area contributed by atoms with E-state index in [0.29, 0.717) is 32.9 Å². The first-order valence-corrected chi connectivity index (χ1v) is 11.4. The third-order valence-electron chi connectivity index (χ3n) is 5.66. The van der Waals surface area contributed by atoms with E-state index in [-0.39, 0.29) is 28.5 Å². The van der Waals surface area contributed by atoms with Gasteiger partial charge in [-0.2, -0.15) is 0 Å². The van der Waals surface area contributed by atoms with Crippen molar-refractivity contribution in [3.63, 3.8) is 0 Å². The summed E-state index contributed by atoms with van der Waals surface area (Å²) in [5, 5.41) is 0.665. The number of carbonyl (C=O) groups excluding carboxylic acids is 2. The number of carbonyl (C=O) groups is 2. The molecule has 0 bridgehead atoms. The molecule has 34 heavy (non-hydrogen) atoms. The van der Waals surface area contributed by atoms with E-state index in [1.54, 1.807) is 69.5 Å². The lowest BCUT2D eigenvalue weighted by atomic mass is 9.98. The molecule has 0 aliphatic carbocycles. The van der Waals surface area contributed by atoms with E-state index >= 15 is 0 Å². The first kappa shape index (κ1) is 21.8. The zero-order valence-corrected chi connectivity index (χ0v) is 19.5. The fourth-order valence-corrected chi connectivity index (χ4v) is 5.08. The Kier molecular flexibility index (Phi) is 5.41. The SMILES string of the molecule is CCOC(=O)c1sc(N2C(=O)c3oc4ccccc4c(=O)c3C2c2ccc(OC)cc2)nc1C. The molecule has 1 amide bonds. The third kappa shape index (κ3) is 3.36. The van der Waals surface area contributed by atoms with Crippen LogP contribution in [0.3, 0.4) is 0 Å². The van der Waals surface area contributed by atoms with Crippen LogP contribution >= 0.6 is 11.3 Å². The van der Waals surface area contributed by atoms with Gasteiger partial charge in [-0.25, -0.2) is 9.78 Å². The summed E-state index contributed by atoms with van der Waals surface area (Å²) in [7, 11) is 1.56.